The molecule has 0 aliphatic heterocycles. The zero-order chi connectivity index (χ0) is 18.4. The van der Waals surface area contributed by atoms with Crippen LogP contribution in [0.2, 0.25) is 0 Å². The number of rotatable bonds is 6. The summed E-state index contributed by atoms with van der Waals surface area (Å²) >= 11 is 0. The van der Waals surface area contributed by atoms with E-state index in [1.54, 1.807) is 12.1 Å². The highest BCUT2D eigenvalue weighted by atomic mass is 16.3. The minimum atomic E-state index is 0.000898. The molecule has 26 heavy (non-hydrogen) atoms. The molecule has 0 bridgehead atoms. The van der Waals surface area contributed by atoms with Crippen molar-refractivity contribution >= 4 is 16.9 Å². The molecular formula is C21H25N3O2. The third kappa shape index (κ3) is 4.57. The second kappa shape index (κ2) is 8.43. The minimum Gasteiger partial charge on any atom is -0.508 e. The van der Waals surface area contributed by atoms with Gasteiger partial charge in [0.25, 0.3) is 0 Å². The van der Waals surface area contributed by atoms with Gasteiger partial charge >= 0.3 is 0 Å². The number of benzene rings is 2. The Bertz CT molecular complexity index is 853. The number of aliphatic imine (C=N–C) groups is 1. The molecule has 3 aromatic rings. The van der Waals surface area contributed by atoms with Crippen molar-refractivity contribution < 1.29 is 9.52 Å². The second-order valence-corrected chi connectivity index (χ2v) is 6.23. The Morgan fingerprint density at radius 3 is 2.77 bits per heavy atom. The van der Waals surface area contributed by atoms with Crippen molar-refractivity contribution in [2.75, 3.05) is 13.1 Å². The predicted octanol–water partition coefficient (Wildman–Crippen LogP) is 4.00. The van der Waals surface area contributed by atoms with Gasteiger partial charge in [0.05, 0.1) is 6.04 Å². The first-order valence-corrected chi connectivity index (χ1v) is 8.97. The number of para-hydroxylation sites is 1. The van der Waals surface area contributed by atoms with Crippen molar-refractivity contribution in [3.05, 3.63) is 65.9 Å². The number of hydrogen-bond acceptors (Lipinski definition) is 3. The maximum absolute atomic E-state index is 9.54. The van der Waals surface area contributed by atoms with Gasteiger partial charge in [-0.2, -0.15) is 0 Å². The molecule has 1 unspecified atom stereocenters. The summed E-state index contributed by atoms with van der Waals surface area (Å²) in [5.74, 6) is 1.92. The van der Waals surface area contributed by atoms with Crippen LogP contribution in [0.15, 0.2) is 64.0 Å². The molecule has 3 rings (SSSR count). The van der Waals surface area contributed by atoms with E-state index in [9.17, 15) is 5.11 Å². The number of furan rings is 1. The van der Waals surface area contributed by atoms with Gasteiger partial charge in [0.2, 0.25) is 0 Å². The lowest BCUT2D eigenvalue weighted by Crippen LogP contribution is -2.38. The molecule has 0 radical (unpaired) electrons. The van der Waals surface area contributed by atoms with Gasteiger partial charge in [-0.3, -0.25) is 4.99 Å². The van der Waals surface area contributed by atoms with Crippen LogP contribution in [0.25, 0.3) is 11.0 Å². The first kappa shape index (κ1) is 17.9. The van der Waals surface area contributed by atoms with Gasteiger partial charge in [0.1, 0.15) is 17.1 Å². The first-order valence-electron chi connectivity index (χ1n) is 8.97. The highest BCUT2D eigenvalue weighted by molar-refractivity contribution is 5.81. The Kier molecular flexibility index (Phi) is 5.79. The third-order valence-electron chi connectivity index (χ3n) is 4.15. The van der Waals surface area contributed by atoms with Gasteiger partial charge in [-0.25, -0.2) is 0 Å². The lowest BCUT2D eigenvalue weighted by atomic mass is 10.1. The maximum Gasteiger partial charge on any atom is 0.191 e. The zero-order valence-corrected chi connectivity index (χ0v) is 15.2. The molecule has 1 atom stereocenters. The SMILES string of the molecule is CCNC(=NCCc1cccc(O)c1)NC(C)c1cc2ccccc2o1. The van der Waals surface area contributed by atoms with Gasteiger partial charge in [0, 0.05) is 18.5 Å². The molecule has 0 saturated heterocycles. The smallest absolute Gasteiger partial charge is 0.191 e. The Morgan fingerprint density at radius 2 is 2.00 bits per heavy atom. The quantitative estimate of drug-likeness (QED) is 0.464. The average Bonchev–Trinajstić information content (AvgIpc) is 3.06. The van der Waals surface area contributed by atoms with Crippen LogP contribution >= 0.6 is 0 Å². The Balaban J connectivity index is 1.64. The number of hydrogen-bond donors (Lipinski definition) is 3. The van der Waals surface area contributed by atoms with Crippen LogP contribution in [0.3, 0.4) is 0 Å². The standard InChI is InChI=1S/C21H25N3O2/c1-3-22-21(23-12-11-16-7-6-9-18(25)13-16)24-15(2)20-14-17-8-4-5-10-19(17)26-20/h4-10,13-15,25H,3,11-12H2,1-2H3,(H2,22,23,24). The topological polar surface area (TPSA) is 69.8 Å². The maximum atomic E-state index is 9.54. The minimum absolute atomic E-state index is 0.000898. The van der Waals surface area contributed by atoms with E-state index in [4.69, 9.17) is 4.42 Å². The van der Waals surface area contributed by atoms with E-state index in [-0.39, 0.29) is 11.8 Å². The lowest BCUT2D eigenvalue weighted by Gasteiger charge is -2.16. The predicted molar refractivity (Wildman–Crippen MR) is 106 cm³/mol. The number of phenolic OH excluding ortho intramolecular Hbond substituents is 1. The van der Waals surface area contributed by atoms with E-state index in [1.807, 2.05) is 43.3 Å². The second-order valence-electron chi connectivity index (χ2n) is 6.23. The number of nitrogens with zero attached hydrogens (tertiary/aromatic N) is 1. The molecule has 0 saturated carbocycles. The summed E-state index contributed by atoms with van der Waals surface area (Å²) in [6, 6.07) is 17.3. The van der Waals surface area contributed by atoms with Gasteiger partial charge in [0.15, 0.2) is 5.96 Å². The van der Waals surface area contributed by atoms with E-state index in [0.717, 1.165) is 41.2 Å². The van der Waals surface area contributed by atoms with E-state index in [0.29, 0.717) is 6.54 Å². The lowest BCUT2D eigenvalue weighted by molar-refractivity contribution is 0.474. The molecule has 0 fully saturated rings. The normalized spacial score (nSPS) is 12.9. The summed E-state index contributed by atoms with van der Waals surface area (Å²) in [7, 11) is 0. The summed E-state index contributed by atoms with van der Waals surface area (Å²) in [6.45, 7) is 5.51. The molecule has 0 aliphatic carbocycles. The Labute approximate surface area is 153 Å². The van der Waals surface area contributed by atoms with Crippen molar-refractivity contribution in [2.24, 2.45) is 4.99 Å². The van der Waals surface area contributed by atoms with Crippen molar-refractivity contribution in [2.45, 2.75) is 26.3 Å². The number of aromatic hydroxyl groups is 1. The van der Waals surface area contributed by atoms with Gasteiger partial charge in [-0.05, 0) is 50.1 Å². The highest BCUT2D eigenvalue weighted by Gasteiger charge is 2.12. The molecule has 3 N–H and O–H groups in total. The molecule has 1 heterocycles. The fourth-order valence-electron chi connectivity index (χ4n) is 2.82. The van der Waals surface area contributed by atoms with Crippen LogP contribution in [0.5, 0.6) is 5.75 Å². The van der Waals surface area contributed by atoms with E-state index in [2.05, 4.69) is 28.6 Å². The summed E-state index contributed by atoms with van der Waals surface area (Å²) in [6.07, 6.45) is 0.768. The molecule has 5 heteroatoms. The van der Waals surface area contributed by atoms with Crippen molar-refractivity contribution in [1.29, 1.82) is 0 Å². The first-order chi connectivity index (χ1) is 12.7. The molecule has 1 aromatic heterocycles. The molecule has 2 aromatic carbocycles. The van der Waals surface area contributed by atoms with E-state index >= 15 is 0 Å². The van der Waals surface area contributed by atoms with E-state index in [1.165, 1.54) is 0 Å². The summed E-state index contributed by atoms with van der Waals surface area (Å²) in [5, 5.41) is 17.3. The van der Waals surface area contributed by atoms with Crippen LogP contribution in [0.4, 0.5) is 0 Å². The fraction of sp³-hybridized carbons (Fsp3) is 0.286. The number of nitrogens with one attached hydrogen (secondary N) is 2. The van der Waals surface area contributed by atoms with Crippen LogP contribution < -0.4 is 10.6 Å². The number of guanidine groups is 1. The molecule has 5 nitrogen and oxygen atoms in total. The third-order valence-corrected chi connectivity index (χ3v) is 4.15. The average molecular weight is 351 g/mol. The molecular weight excluding hydrogens is 326 g/mol. The Morgan fingerprint density at radius 1 is 1.15 bits per heavy atom. The Hall–Kier alpha value is -2.95. The summed E-state index contributed by atoms with van der Waals surface area (Å²) in [4.78, 5) is 4.63. The largest absolute Gasteiger partial charge is 0.508 e. The van der Waals surface area contributed by atoms with Gasteiger partial charge in [-0.15, -0.1) is 0 Å². The number of fused-ring (bicyclic) bond motifs is 1. The molecule has 0 aliphatic rings. The van der Waals surface area contributed by atoms with E-state index < -0.39 is 0 Å². The van der Waals surface area contributed by atoms with Gasteiger partial charge in [-0.1, -0.05) is 30.3 Å². The van der Waals surface area contributed by atoms with Crippen molar-refractivity contribution in [3.63, 3.8) is 0 Å². The highest BCUT2D eigenvalue weighted by Crippen LogP contribution is 2.23. The fourth-order valence-corrected chi connectivity index (χ4v) is 2.82. The summed E-state index contributed by atoms with van der Waals surface area (Å²) < 4.78 is 5.92. The zero-order valence-electron chi connectivity index (χ0n) is 15.2. The van der Waals surface area contributed by atoms with Crippen LogP contribution in [0.1, 0.15) is 31.2 Å². The van der Waals surface area contributed by atoms with Gasteiger partial charge < -0.3 is 20.2 Å². The summed E-state index contributed by atoms with van der Waals surface area (Å²) in [5.41, 5.74) is 1.96. The van der Waals surface area contributed by atoms with Crippen molar-refractivity contribution in [3.8, 4) is 5.75 Å². The number of phenols is 1. The van der Waals surface area contributed by atoms with Crippen molar-refractivity contribution in [1.82, 2.24) is 10.6 Å². The van der Waals surface area contributed by atoms with Crippen LogP contribution in [-0.2, 0) is 6.42 Å². The molecule has 0 amide bonds. The molecule has 0 spiro atoms. The van der Waals surface area contributed by atoms with Crippen LogP contribution in [0, 0.1) is 0 Å². The molecule has 136 valence electrons. The van der Waals surface area contributed by atoms with Crippen LogP contribution in [-0.4, -0.2) is 24.2 Å². The monoisotopic (exact) mass is 351 g/mol.